The molecular weight excluding hydrogens is 158 g/mol. The lowest BCUT2D eigenvalue weighted by Crippen LogP contribution is -2.23. The molecular formula is C10H16F2. The van der Waals surface area contributed by atoms with Crippen molar-refractivity contribution in [3.8, 4) is 0 Å². The monoisotopic (exact) mass is 174 g/mol. The normalized spacial score (nSPS) is 44.2. The molecule has 0 aromatic carbocycles. The summed E-state index contributed by atoms with van der Waals surface area (Å²) in [6, 6.07) is 0. The van der Waals surface area contributed by atoms with E-state index in [0.29, 0.717) is 0 Å². The smallest absolute Gasteiger partial charge is 0.206 e. The van der Waals surface area contributed by atoms with Gasteiger partial charge in [-0.3, -0.25) is 0 Å². The zero-order valence-corrected chi connectivity index (χ0v) is 7.90. The molecule has 3 atom stereocenters. The van der Waals surface area contributed by atoms with Crippen molar-refractivity contribution in [2.24, 2.45) is 23.2 Å². The molecule has 12 heavy (non-hydrogen) atoms. The van der Waals surface area contributed by atoms with Crippen LogP contribution in [0.3, 0.4) is 0 Å². The van der Waals surface area contributed by atoms with Gasteiger partial charge in [0.1, 0.15) is 0 Å². The third kappa shape index (κ3) is 0.929. The van der Waals surface area contributed by atoms with Crippen LogP contribution in [0.2, 0.25) is 0 Å². The van der Waals surface area contributed by atoms with Crippen molar-refractivity contribution in [1.82, 2.24) is 0 Å². The summed E-state index contributed by atoms with van der Waals surface area (Å²) in [4.78, 5) is 0. The SMILES string of the molecule is CC(C)(C)C1CCC2C1C2(F)F. The molecule has 0 radical (unpaired) electrons. The standard InChI is InChI=1S/C10H16F2/c1-9(2,3)6-4-5-7-8(6)10(7,11)12/h6-8H,4-5H2,1-3H3. The third-order valence-corrected chi connectivity index (χ3v) is 3.60. The number of hydrogen-bond acceptors (Lipinski definition) is 0. The predicted octanol–water partition coefficient (Wildman–Crippen LogP) is 3.32. The van der Waals surface area contributed by atoms with Crippen molar-refractivity contribution < 1.29 is 8.78 Å². The number of fused-ring (bicyclic) bond motifs is 1. The fourth-order valence-corrected chi connectivity index (χ4v) is 2.85. The Bertz CT molecular complexity index is 202. The lowest BCUT2D eigenvalue weighted by atomic mass is 9.77. The largest absolute Gasteiger partial charge is 0.254 e. The van der Waals surface area contributed by atoms with Crippen molar-refractivity contribution >= 4 is 0 Å². The minimum absolute atomic E-state index is 0.0688. The summed E-state index contributed by atoms with van der Waals surface area (Å²) in [7, 11) is 0. The van der Waals surface area contributed by atoms with E-state index in [9.17, 15) is 8.78 Å². The molecule has 0 aliphatic heterocycles. The van der Waals surface area contributed by atoms with Gasteiger partial charge in [-0.1, -0.05) is 20.8 Å². The Labute approximate surface area is 72.3 Å². The molecule has 0 saturated heterocycles. The maximum atomic E-state index is 13.0. The average molecular weight is 174 g/mol. The van der Waals surface area contributed by atoms with E-state index in [-0.39, 0.29) is 23.2 Å². The molecule has 3 unspecified atom stereocenters. The van der Waals surface area contributed by atoms with Gasteiger partial charge < -0.3 is 0 Å². The summed E-state index contributed by atoms with van der Waals surface area (Å²) < 4.78 is 26.0. The second-order valence-electron chi connectivity index (χ2n) is 5.36. The number of halogens is 2. The number of hydrogen-bond donors (Lipinski definition) is 0. The lowest BCUT2D eigenvalue weighted by molar-refractivity contribution is 0.0389. The van der Waals surface area contributed by atoms with Crippen LogP contribution in [-0.4, -0.2) is 5.92 Å². The highest BCUT2D eigenvalue weighted by Gasteiger charge is 2.74. The maximum absolute atomic E-state index is 13.0. The van der Waals surface area contributed by atoms with Crippen molar-refractivity contribution in [3.63, 3.8) is 0 Å². The Morgan fingerprint density at radius 2 is 1.75 bits per heavy atom. The summed E-state index contributed by atoms with van der Waals surface area (Å²) in [6.45, 7) is 6.23. The van der Waals surface area contributed by atoms with E-state index in [1.54, 1.807) is 0 Å². The van der Waals surface area contributed by atoms with Gasteiger partial charge in [-0.05, 0) is 24.2 Å². The predicted molar refractivity (Wildman–Crippen MR) is 44.1 cm³/mol. The molecule has 0 aromatic rings. The van der Waals surface area contributed by atoms with Gasteiger partial charge in [-0.25, -0.2) is 8.78 Å². The first-order valence-electron chi connectivity index (χ1n) is 4.73. The first kappa shape index (κ1) is 8.46. The molecule has 2 rings (SSSR count). The van der Waals surface area contributed by atoms with Gasteiger partial charge in [0.25, 0.3) is 5.92 Å². The average Bonchev–Trinajstić information content (AvgIpc) is 2.34. The zero-order valence-electron chi connectivity index (χ0n) is 7.90. The molecule has 0 spiro atoms. The molecule has 0 N–H and O–H groups in total. The summed E-state index contributed by atoms with van der Waals surface area (Å²) in [5, 5.41) is 0. The molecule has 0 nitrogen and oxygen atoms in total. The van der Waals surface area contributed by atoms with E-state index in [1.807, 2.05) is 0 Å². The minimum atomic E-state index is -2.31. The van der Waals surface area contributed by atoms with E-state index in [4.69, 9.17) is 0 Å². The fourth-order valence-electron chi connectivity index (χ4n) is 2.85. The Kier molecular flexibility index (Phi) is 1.42. The van der Waals surface area contributed by atoms with Crippen LogP contribution >= 0.6 is 0 Å². The topological polar surface area (TPSA) is 0 Å². The third-order valence-electron chi connectivity index (χ3n) is 3.60. The van der Waals surface area contributed by atoms with E-state index < -0.39 is 5.92 Å². The molecule has 2 aliphatic carbocycles. The van der Waals surface area contributed by atoms with Gasteiger partial charge in [0.15, 0.2) is 0 Å². The van der Waals surface area contributed by atoms with Crippen LogP contribution in [0.15, 0.2) is 0 Å². The maximum Gasteiger partial charge on any atom is 0.254 e. The number of rotatable bonds is 0. The molecule has 2 saturated carbocycles. The first-order chi connectivity index (χ1) is 5.35. The van der Waals surface area contributed by atoms with Crippen molar-refractivity contribution in [2.45, 2.75) is 39.5 Å². The quantitative estimate of drug-likeness (QED) is 0.528. The first-order valence-corrected chi connectivity index (χ1v) is 4.73. The molecule has 2 aliphatic rings. The van der Waals surface area contributed by atoms with Crippen LogP contribution in [0.25, 0.3) is 0 Å². The van der Waals surface area contributed by atoms with E-state index in [2.05, 4.69) is 20.8 Å². The van der Waals surface area contributed by atoms with Gasteiger partial charge in [-0.15, -0.1) is 0 Å². The fraction of sp³-hybridized carbons (Fsp3) is 1.00. The second kappa shape index (κ2) is 2.02. The summed E-state index contributed by atoms with van der Waals surface area (Å²) >= 11 is 0. The highest BCUT2D eigenvalue weighted by atomic mass is 19.3. The van der Waals surface area contributed by atoms with Crippen LogP contribution in [0.5, 0.6) is 0 Å². The number of alkyl halides is 2. The zero-order chi connectivity index (χ0) is 9.15. The van der Waals surface area contributed by atoms with Crippen LogP contribution in [-0.2, 0) is 0 Å². The Hall–Kier alpha value is -0.140. The van der Waals surface area contributed by atoms with Crippen molar-refractivity contribution in [2.75, 3.05) is 0 Å². The van der Waals surface area contributed by atoms with Crippen LogP contribution in [0, 0.1) is 23.2 Å². The van der Waals surface area contributed by atoms with Crippen LogP contribution in [0.1, 0.15) is 33.6 Å². The lowest BCUT2D eigenvalue weighted by Gasteiger charge is -2.28. The molecule has 0 bridgehead atoms. The molecule has 2 fully saturated rings. The summed E-state index contributed by atoms with van der Waals surface area (Å²) in [6.07, 6.45) is 1.76. The van der Waals surface area contributed by atoms with Crippen LogP contribution < -0.4 is 0 Å². The Balaban J connectivity index is 2.13. The highest BCUT2D eigenvalue weighted by molar-refractivity contribution is 5.14. The molecule has 0 heterocycles. The summed E-state index contributed by atoms with van der Waals surface area (Å²) in [5.41, 5.74) is 0.0688. The highest BCUT2D eigenvalue weighted by Crippen LogP contribution is 2.69. The Morgan fingerprint density at radius 1 is 1.17 bits per heavy atom. The van der Waals surface area contributed by atoms with Gasteiger partial charge in [0.05, 0.1) is 0 Å². The van der Waals surface area contributed by atoms with Crippen LogP contribution in [0.4, 0.5) is 8.78 Å². The van der Waals surface area contributed by atoms with Gasteiger partial charge in [0.2, 0.25) is 0 Å². The van der Waals surface area contributed by atoms with E-state index in [1.165, 1.54) is 0 Å². The molecule has 0 aromatic heterocycles. The van der Waals surface area contributed by atoms with Crippen molar-refractivity contribution in [3.05, 3.63) is 0 Å². The van der Waals surface area contributed by atoms with E-state index >= 15 is 0 Å². The summed E-state index contributed by atoms with van der Waals surface area (Å²) in [5.74, 6) is -2.60. The Morgan fingerprint density at radius 3 is 2.00 bits per heavy atom. The second-order valence-corrected chi connectivity index (χ2v) is 5.36. The minimum Gasteiger partial charge on any atom is -0.206 e. The molecule has 0 amide bonds. The molecule has 2 heteroatoms. The van der Waals surface area contributed by atoms with Gasteiger partial charge in [-0.2, -0.15) is 0 Å². The van der Waals surface area contributed by atoms with Crippen molar-refractivity contribution in [1.29, 1.82) is 0 Å². The molecule has 70 valence electrons. The van der Waals surface area contributed by atoms with Gasteiger partial charge >= 0.3 is 0 Å². The van der Waals surface area contributed by atoms with Gasteiger partial charge in [0, 0.05) is 11.8 Å². The van der Waals surface area contributed by atoms with E-state index in [0.717, 1.165) is 12.8 Å².